The highest BCUT2D eigenvalue weighted by atomic mass is 32.1. The van der Waals surface area contributed by atoms with Gasteiger partial charge in [0.2, 0.25) is 0 Å². The first-order valence-electron chi connectivity index (χ1n) is 6.44. The van der Waals surface area contributed by atoms with E-state index >= 15 is 0 Å². The third-order valence-corrected chi connectivity index (χ3v) is 4.31. The van der Waals surface area contributed by atoms with Crippen LogP contribution in [0.5, 0.6) is 0 Å². The summed E-state index contributed by atoms with van der Waals surface area (Å²) in [5.41, 5.74) is 6.10. The maximum atomic E-state index is 13.7. The predicted octanol–water partition coefficient (Wildman–Crippen LogP) is 3.19. The van der Waals surface area contributed by atoms with Crippen LogP contribution in [0.4, 0.5) is 10.1 Å². The Balaban J connectivity index is 1.75. The van der Waals surface area contributed by atoms with E-state index in [1.807, 2.05) is 6.07 Å². The first kappa shape index (κ1) is 13.6. The van der Waals surface area contributed by atoms with E-state index in [1.54, 1.807) is 24.5 Å². The molecule has 3 N–H and O–H groups in total. The molecule has 108 valence electrons. The molecule has 2 aromatic heterocycles. The number of anilines is 1. The summed E-state index contributed by atoms with van der Waals surface area (Å²) in [7, 11) is 0. The third-order valence-electron chi connectivity index (χ3n) is 3.14. The van der Waals surface area contributed by atoms with E-state index in [9.17, 15) is 9.18 Å². The topological polar surface area (TPSA) is 68.3 Å². The van der Waals surface area contributed by atoms with Gasteiger partial charge in [-0.15, -0.1) is 11.3 Å². The number of halogens is 1. The third kappa shape index (κ3) is 2.62. The van der Waals surface area contributed by atoms with E-state index in [-0.39, 0.29) is 11.6 Å². The van der Waals surface area contributed by atoms with Crippen molar-refractivity contribution in [3.63, 3.8) is 0 Å². The fourth-order valence-corrected chi connectivity index (χ4v) is 3.19. The van der Waals surface area contributed by atoms with Gasteiger partial charge in [0.1, 0.15) is 16.5 Å². The normalized spacial score (nSPS) is 10.9. The average molecular weight is 304 g/mol. The zero-order chi connectivity index (χ0) is 14.8. The molecular weight excluding hydrogens is 291 g/mol. The molecule has 3 aromatic rings. The Morgan fingerprint density at radius 1 is 1.33 bits per heavy atom. The van der Waals surface area contributed by atoms with Crippen LogP contribution in [0.3, 0.4) is 0 Å². The summed E-state index contributed by atoms with van der Waals surface area (Å²) in [5, 5.41) is 3.09. The van der Waals surface area contributed by atoms with Crippen LogP contribution in [0.2, 0.25) is 0 Å². The summed E-state index contributed by atoms with van der Waals surface area (Å²) >= 11 is 1.19. The molecule has 1 amide bonds. The second-order valence-electron chi connectivity index (χ2n) is 4.54. The minimum atomic E-state index is -0.407. The highest BCUT2D eigenvalue weighted by molar-refractivity contribution is 7.21. The van der Waals surface area contributed by atoms with Crippen molar-refractivity contribution >= 4 is 33.0 Å². The Morgan fingerprint density at radius 3 is 2.90 bits per heavy atom. The van der Waals surface area contributed by atoms with E-state index in [2.05, 4.69) is 5.32 Å². The Labute approximate surface area is 124 Å². The van der Waals surface area contributed by atoms with Gasteiger partial charge in [0.25, 0.3) is 5.91 Å². The number of benzene rings is 1. The number of thiophene rings is 1. The highest BCUT2D eigenvalue weighted by Crippen LogP contribution is 2.35. The second kappa shape index (κ2) is 5.57. The Kier molecular flexibility index (Phi) is 3.62. The molecule has 0 aliphatic carbocycles. The maximum absolute atomic E-state index is 13.7. The first-order chi connectivity index (χ1) is 10.2. The summed E-state index contributed by atoms with van der Waals surface area (Å²) in [6.45, 7) is 0.433. The largest absolute Gasteiger partial charge is 0.469 e. The van der Waals surface area contributed by atoms with Gasteiger partial charge in [-0.05, 0) is 24.3 Å². The van der Waals surface area contributed by atoms with E-state index in [0.717, 1.165) is 5.76 Å². The minimum absolute atomic E-state index is 0.198. The first-order valence-corrected chi connectivity index (χ1v) is 7.25. The van der Waals surface area contributed by atoms with E-state index in [4.69, 9.17) is 10.2 Å². The monoisotopic (exact) mass is 304 g/mol. The van der Waals surface area contributed by atoms with Crippen LogP contribution in [-0.2, 0) is 6.42 Å². The molecular formula is C15H13FN2O2S. The van der Waals surface area contributed by atoms with Gasteiger partial charge < -0.3 is 15.5 Å². The Hall–Kier alpha value is -2.34. The molecule has 0 atom stereocenters. The number of hydrogen-bond donors (Lipinski definition) is 2. The van der Waals surface area contributed by atoms with Gasteiger partial charge in [0.15, 0.2) is 0 Å². The van der Waals surface area contributed by atoms with Crippen LogP contribution in [-0.4, -0.2) is 12.5 Å². The predicted molar refractivity (Wildman–Crippen MR) is 80.9 cm³/mol. The van der Waals surface area contributed by atoms with Crippen molar-refractivity contribution in [3.05, 3.63) is 53.0 Å². The van der Waals surface area contributed by atoms with Gasteiger partial charge in [0, 0.05) is 17.7 Å². The van der Waals surface area contributed by atoms with Gasteiger partial charge in [-0.25, -0.2) is 4.39 Å². The molecule has 0 saturated heterocycles. The van der Waals surface area contributed by atoms with Gasteiger partial charge in [-0.2, -0.15) is 0 Å². The number of furan rings is 1. The molecule has 6 heteroatoms. The summed E-state index contributed by atoms with van der Waals surface area (Å²) in [6.07, 6.45) is 2.18. The molecule has 0 saturated carbocycles. The van der Waals surface area contributed by atoms with Crippen LogP contribution in [0.25, 0.3) is 10.1 Å². The van der Waals surface area contributed by atoms with Crippen LogP contribution in [0.1, 0.15) is 15.4 Å². The van der Waals surface area contributed by atoms with E-state index in [0.29, 0.717) is 27.9 Å². The SMILES string of the molecule is Nc1c(C(=O)NCCc2ccco2)sc2cccc(F)c12. The van der Waals surface area contributed by atoms with Gasteiger partial charge in [-0.1, -0.05) is 6.07 Å². The number of rotatable bonds is 4. The van der Waals surface area contributed by atoms with Crippen LogP contribution >= 0.6 is 11.3 Å². The summed E-state index contributed by atoms with van der Waals surface area (Å²) in [4.78, 5) is 12.5. The number of nitrogens with two attached hydrogens (primary N) is 1. The van der Waals surface area contributed by atoms with Crippen LogP contribution < -0.4 is 11.1 Å². The molecule has 0 aliphatic heterocycles. The van der Waals surface area contributed by atoms with Crippen LogP contribution in [0, 0.1) is 5.82 Å². The molecule has 4 nitrogen and oxygen atoms in total. The zero-order valence-electron chi connectivity index (χ0n) is 11.1. The molecule has 21 heavy (non-hydrogen) atoms. The van der Waals surface area contributed by atoms with Crippen molar-refractivity contribution in [3.8, 4) is 0 Å². The molecule has 1 aromatic carbocycles. The number of nitrogens with one attached hydrogen (secondary N) is 1. The van der Waals surface area contributed by atoms with Crippen LogP contribution in [0.15, 0.2) is 41.0 Å². The number of carbonyl (C=O) groups is 1. The Morgan fingerprint density at radius 2 is 2.19 bits per heavy atom. The van der Waals surface area contributed by atoms with Crippen molar-refractivity contribution < 1.29 is 13.6 Å². The molecule has 2 heterocycles. The number of hydrogen-bond acceptors (Lipinski definition) is 4. The van der Waals surface area contributed by atoms with Crippen molar-refractivity contribution in [1.82, 2.24) is 5.32 Å². The average Bonchev–Trinajstić information content (AvgIpc) is 3.08. The van der Waals surface area contributed by atoms with Crippen molar-refractivity contribution in [2.75, 3.05) is 12.3 Å². The molecule has 0 fully saturated rings. The van der Waals surface area contributed by atoms with E-state index in [1.165, 1.54) is 17.4 Å². The minimum Gasteiger partial charge on any atom is -0.469 e. The van der Waals surface area contributed by atoms with Crippen molar-refractivity contribution in [2.45, 2.75) is 6.42 Å². The number of carbonyl (C=O) groups excluding carboxylic acids is 1. The van der Waals surface area contributed by atoms with Gasteiger partial charge >= 0.3 is 0 Å². The quantitative estimate of drug-likeness (QED) is 0.778. The molecule has 0 aliphatic rings. The lowest BCUT2D eigenvalue weighted by molar-refractivity contribution is 0.0958. The summed E-state index contributed by atoms with van der Waals surface area (Å²) in [5.74, 6) is 0.0983. The summed E-state index contributed by atoms with van der Waals surface area (Å²) in [6, 6.07) is 8.33. The fourth-order valence-electron chi connectivity index (χ4n) is 2.13. The standard InChI is InChI=1S/C15H13FN2O2S/c16-10-4-1-5-11-12(10)13(17)14(21-11)15(19)18-7-6-9-3-2-8-20-9/h1-5,8H,6-7,17H2,(H,18,19). The molecule has 0 radical (unpaired) electrons. The van der Waals surface area contributed by atoms with Gasteiger partial charge in [0.05, 0.1) is 17.3 Å². The lowest BCUT2D eigenvalue weighted by Gasteiger charge is -2.03. The smallest absolute Gasteiger partial charge is 0.263 e. The number of nitrogen functional groups attached to an aromatic ring is 1. The molecule has 3 rings (SSSR count). The maximum Gasteiger partial charge on any atom is 0.263 e. The Bertz CT molecular complexity index is 780. The van der Waals surface area contributed by atoms with Crippen molar-refractivity contribution in [2.24, 2.45) is 0 Å². The lowest BCUT2D eigenvalue weighted by atomic mass is 10.2. The number of fused-ring (bicyclic) bond motifs is 1. The summed E-state index contributed by atoms with van der Waals surface area (Å²) < 4.78 is 19.6. The number of amides is 1. The van der Waals surface area contributed by atoms with Crippen molar-refractivity contribution in [1.29, 1.82) is 0 Å². The zero-order valence-corrected chi connectivity index (χ0v) is 11.9. The lowest BCUT2D eigenvalue weighted by Crippen LogP contribution is -2.25. The highest BCUT2D eigenvalue weighted by Gasteiger charge is 2.18. The second-order valence-corrected chi connectivity index (χ2v) is 5.60. The fraction of sp³-hybridized carbons (Fsp3) is 0.133. The van der Waals surface area contributed by atoms with Gasteiger partial charge in [-0.3, -0.25) is 4.79 Å². The molecule has 0 spiro atoms. The molecule has 0 unspecified atom stereocenters. The molecule has 0 bridgehead atoms. The van der Waals surface area contributed by atoms with E-state index < -0.39 is 5.82 Å².